The van der Waals surface area contributed by atoms with E-state index in [0.29, 0.717) is 0 Å². The molecule has 1 aliphatic rings. The SMILES string of the molecule is CC(=O)Nc1ccc2c(c1)CCC(C)CC2. The van der Waals surface area contributed by atoms with Crippen LogP contribution in [0.3, 0.4) is 0 Å². The molecule has 0 bridgehead atoms. The highest BCUT2D eigenvalue weighted by atomic mass is 16.1. The molecule has 2 nitrogen and oxygen atoms in total. The Bertz CT molecular complexity index is 398. The number of nitrogens with one attached hydrogen (secondary N) is 1. The van der Waals surface area contributed by atoms with Gasteiger partial charge in [-0.15, -0.1) is 0 Å². The van der Waals surface area contributed by atoms with E-state index in [-0.39, 0.29) is 5.91 Å². The molecule has 0 radical (unpaired) electrons. The third-order valence-electron chi connectivity index (χ3n) is 3.34. The van der Waals surface area contributed by atoms with Crippen molar-refractivity contribution in [3.63, 3.8) is 0 Å². The minimum absolute atomic E-state index is 0.00180. The molecular formula is C14H19NO. The second kappa shape index (κ2) is 4.69. The third kappa shape index (κ3) is 2.63. The van der Waals surface area contributed by atoms with E-state index in [0.717, 1.165) is 18.0 Å². The zero-order valence-corrected chi connectivity index (χ0v) is 10.0. The van der Waals surface area contributed by atoms with Gasteiger partial charge < -0.3 is 5.32 Å². The van der Waals surface area contributed by atoms with Crippen molar-refractivity contribution in [1.82, 2.24) is 0 Å². The van der Waals surface area contributed by atoms with Gasteiger partial charge in [0, 0.05) is 12.6 Å². The molecule has 1 atom stereocenters. The first kappa shape index (κ1) is 11.2. The Hall–Kier alpha value is -1.31. The molecule has 0 saturated carbocycles. The number of amides is 1. The highest BCUT2D eigenvalue weighted by Gasteiger charge is 2.13. The number of hydrogen-bond acceptors (Lipinski definition) is 1. The van der Waals surface area contributed by atoms with Crippen LogP contribution in [0.1, 0.15) is 37.8 Å². The van der Waals surface area contributed by atoms with E-state index in [1.165, 1.54) is 30.4 Å². The van der Waals surface area contributed by atoms with Crippen LogP contribution in [0, 0.1) is 5.92 Å². The van der Waals surface area contributed by atoms with E-state index in [9.17, 15) is 4.79 Å². The van der Waals surface area contributed by atoms with Crippen LogP contribution in [0.4, 0.5) is 5.69 Å². The largest absolute Gasteiger partial charge is 0.326 e. The van der Waals surface area contributed by atoms with Gasteiger partial charge in [0.25, 0.3) is 0 Å². The molecule has 0 aromatic heterocycles. The normalized spacial score (nSPS) is 19.8. The summed E-state index contributed by atoms with van der Waals surface area (Å²) < 4.78 is 0. The average Bonchev–Trinajstić information content (AvgIpc) is 2.40. The molecule has 0 heterocycles. The highest BCUT2D eigenvalue weighted by molar-refractivity contribution is 5.88. The Balaban J connectivity index is 2.21. The van der Waals surface area contributed by atoms with Crippen LogP contribution in [0.25, 0.3) is 0 Å². The summed E-state index contributed by atoms with van der Waals surface area (Å²) in [6, 6.07) is 6.31. The van der Waals surface area contributed by atoms with Gasteiger partial charge in [0.1, 0.15) is 0 Å². The number of anilines is 1. The predicted molar refractivity (Wildman–Crippen MR) is 66.6 cm³/mol. The Kier molecular flexibility index (Phi) is 3.28. The molecule has 1 amide bonds. The van der Waals surface area contributed by atoms with Crippen LogP contribution in [-0.2, 0) is 17.6 Å². The lowest BCUT2D eigenvalue weighted by Gasteiger charge is -2.08. The number of hydrogen-bond donors (Lipinski definition) is 1. The maximum atomic E-state index is 11.0. The molecule has 16 heavy (non-hydrogen) atoms. The van der Waals surface area contributed by atoms with Crippen molar-refractivity contribution in [2.45, 2.75) is 39.5 Å². The molecule has 1 N–H and O–H groups in total. The van der Waals surface area contributed by atoms with E-state index in [1.54, 1.807) is 6.92 Å². The summed E-state index contributed by atoms with van der Waals surface area (Å²) in [6.45, 7) is 3.87. The first-order chi connectivity index (χ1) is 7.65. The molecule has 0 spiro atoms. The van der Waals surface area contributed by atoms with Gasteiger partial charge in [0.2, 0.25) is 5.91 Å². The summed E-state index contributed by atoms with van der Waals surface area (Å²) in [5.74, 6) is 0.818. The van der Waals surface area contributed by atoms with Gasteiger partial charge in [0.05, 0.1) is 0 Å². The van der Waals surface area contributed by atoms with Gasteiger partial charge in [-0.3, -0.25) is 4.79 Å². The number of rotatable bonds is 1. The molecule has 1 aliphatic carbocycles. The fourth-order valence-corrected chi connectivity index (χ4v) is 2.33. The van der Waals surface area contributed by atoms with Crippen LogP contribution < -0.4 is 5.32 Å². The van der Waals surface area contributed by atoms with Crippen molar-refractivity contribution in [3.8, 4) is 0 Å². The predicted octanol–water partition coefficient (Wildman–Crippen LogP) is 3.16. The quantitative estimate of drug-likeness (QED) is 0.719. The van der Waals surface area contributed by atoms with Crippen molar-refractivity contribution in [1.29, 1.82) is 0 Å². The second-order valence-electron chi connectivity index (χ2n) is 4.85. The minimum atomic E-state index is 0.00180. The Morgan fingerprint density at radius 1 is 1.25 bits per heavy atom. The fraction of sp³-hybridized carbons (Fsp3) is 0.500. The number of carbonyl (C=O) groups is 1. The Labute approximate surface area is 97.1 Å². The number of fused-ring (bicyclic) bond motifs is 1. The van der Waals surface area contributed by atoms with Gasteiger partial charge in [-0.1, -0.05) is 13.0 Å². The highest BCUT2D eigenvalue weighted by Crippen LogP contribution is 2.26. The summed E-state index contributed by atoms with van der Waals surface area (Å²) in [6.07, 6.45) is 4.86. The standard InChI is InChI=1S/C14H19NO/c1-10-3-5-12-7-8-14(15-11(2)16)9-13(12)6-4-10/h7-10H,3-6H2,1-2H3,(H,15,16). The van der Waals surface area contributed by atoms with E-state index < -0.39 is 0 Å². The van der Waals surface area contributed by atoms with Gasteiger partial charge >= 0.3 is 0 Å². The fourth-order valence-electron chi connectivity index (χ4n) is 2.33. The summed E-state index contributed by atoms with van der Waals surface area (Å²) in [5, 5.41) is 2.85. The first-order valence-electron chi connectivity index (χ1n) is 6.04. The third-order valence-corrected chi connectivity index (χ3v) is 3.34. The summed E-state index contributed by atoms with van der Waals surface area (Å²) in [4.78, 5) is 11.0. The average molecular weight is 217 g/mol. The number of carbonyl (C=O) groups excluding carboxylic acids is 1. The molecule has 0 fully saturated rings. The van der Waals surface area contributed by atoms with E-state index in [1.807, 2.05) is 6.07 Å². The van der Waals surface area contributed by atoms with Crippen molar-refractivity contribution >= 4 is 11.6 Å². The Morgan fingerprint density at radius 2 is 1.94 bits per heavy atom. The lowest BCUT2D eigenvalue weighted by atomic mass is 10.0. The topological polar surface area (TPSA) is 29.1 Å². The molecule has 86 valence electrons. The maximum absolute atomic E-state index is 11.0. The van der Waals surface area contributed by atoms with Crippen molar-refractivity contribution in [2.24, 2.45) is 5.92 Å². The summed E-state index contributed by atoms with van der Waals surface area (Å²) >= 11 is 0. The molecular weight excluding hydrogens is 198 g/mol. The first-order valence-corrected chi connectivity index (χ1v) is 6.04. The summed E-state index contributed by atoms with van der Waals surface area (Å²) in [7, 11) is 0. The zero-order valence-electron chi connectivity index (χ0n) is 10.0. The summed E-state index contributed by atoms with van der Waals surface area (Å²) in [5.41, 5.74) is 3.80. The molecule has 2 heteroatoms. The smallest absolute Gasteiger partial charge is 0.221 e. The second-order valence-corrected chi connectivity index (χ2v) is 4.85. The lowest BCUT2D eigenvalue weighted by Crippen LogP contribution is -2.06. The van der Waals surface area contributed by atoms with Gasteiger partial charge in [-0.25, -0.2) is 0 Å². The minimum Gasteiger partial charge on any atom is -0.326 e. The number of benzene rings is 1. The molecule has 0 aliphatic heterocycles. The monoisotopic (exact) mass is 217 g/mol. The van der Waals surface area contributed by atoms with E-state index >= 15 is 0 Å². The van der Waals surface area contributed by atoms with Crippen LogP contribution in [0.2, 0.25) is 0 Å². The number of aryl methyl sites for hydroxylation is 2. The van der Waals surface area contributed by atoms with Crippen LogP contribution >= 0.6 is 0 Å². The maximum Gasteiger partial charge on any atom is 0.221 e. The van der Waals surface area contributed by atoms with Crippen LogP contribution in [0.15, 0.2) is 18.2 Å². The van der Waals surface area contributed by atoms with Crippen LogP contribution in [-0.4, -0.2) is 5.91 Å². The van der Waals surface area contributed by atoms with Crippen molar-refractivity contribution < 1.29 is 4.79 Å². The molecule has 0 saturated heterocycles. The molecule has 1 unspecified atom stereocenters. The molecule has 2 rings (SSSR count). The van der Waals surface area contributed by atoms with Gasteiger partial charge in [0.15, 0.2) is 0 Å². The van der Waals surface area contributed by atoms with Crippen LogP contribution in [0.5, 0.6) is 0 Å². The molecule has 1 aromatic rings. The molecule has 1 aromatic carbocycles. The lowest BCUT2D eigenvalue weighted by molar-refractivity contribution is -0.114. The zero-order chi connectivity index (χ0) is 11.5. The van der Waals surface area contributed by atoms with E-state index in [2.05, 4.69) is 24.4 Å². The van der Waals surface area contributed by atoms with Crippen molar-refractivity contribution in [2.75, 3.05) is 5.32 Å². The Morgan fingerprint density at radius 3 is 2.62 bits per heavy atom. The van der Waals surface area contributed by atoms with Gasteiger partial charge in [-0.05, 0) is 54.9 Å². The van der Waals surface area contributed by atoms with Gasteiger partial charge in [-0.2, -0.15) is 0 Å². The van der Waals surface area contributed by atoms with Crippen molar-refractivity contribution in [3.05, 3.63) is 29.3 Å². The van der Waals surface area contributed by atoms with E-state index in [4.69, 9.17) is 0 Å².